The van der Waals surface area contributed by atoms with E-state index in [1.54, 1.807) is 23.2 Å². The number of carbonyl (C=O) groups excluding carboxylic acids is 1. The minimum absolute atomic E-state index is 0.195. The van der Waals surface area contributed by atoms with Crippen molar-refractivity contribution < 1.29 is 14.3 Å². The fraction of sp³-hybridized carbons (Fsp3) is 0.625. The van der Waals surface area contributed by atoms with Gasteiger partial charge in [0.05, 0.1) is 0 Å². The van der Waals surface area contributed by atoms with E-state index in [0.717, 1.165) is 6.42 Å². The molecule has 22 heavy (non-hydrogen) atoms. The van der Waals surface area contributed by atoms with Gasteiger partial charge in [-0.2, -0.15) is 0 Å². The number of carbonyl (C=O) groups is 1. The fourth-order valence-electron chi connectivity index (χ4n) is 2.42. The van der Waals surface area contributed by atoms with Gasteiger partial charge in [-0.25, -0.2) is 9.78 Å². The lowest BCUT2D eigenvalue weighted by Gasteiger charge is -2.34. The lowest BCUT2D eigenvalue weighted by atomic mass is 9.91. The number of hydrogen-bond acceptors (Lipinski definition) is 5. The predicted molar refractivity (Wildman–Crippen MR) is 84.4 cm³/mol. The topological polar surface area (TPSA) is 77.7 Å². The van der Waals surface area contributed by atoms with E-state index < -0.39 is 11.8 Å². The van der Waals surface area contributed by atoms with Crippen molar-refractivity contribution in [3.63, 3.8) is 0 Å². The third-order valence-electron chi connectivity index (χ3n) is 3.61. The van der Waals surface area contributed by atoms with Gasteiger partial charge in [0.15, 0.2) is 17.8 Å². The van der Waals surface area contributed by atoms with Crippen molar-refractivity contribution in [2.45, 2.75) is 52.9 Å². The molecule has 0 radical (unpaired) electrons. The van der Waals surface area contributed by atoms with Crippen LogP contribution >= 0.6 is 0 Å². The summed E-state index contributed by atoms with van der Waals surface area (Å²) < 4.78 is 11.5. The number of anilines is 1. The predicted octanol–water partition coefficient (Wildman–Crippen LogP) is 3.04. The van der Waals surface area contributed by atoms with Crippen LogP contribution in [0.3, 0.4) is 0 Å². The highest BCUT2D eigenvalue weighted by Crippen LogP contribution is 2.38. The molecule has 0 aliphatic carbocycles. The van der Waals surface area contributed by atoms with E-state index in [1.165, 1.54) is 0 Å². The molecule has 1 aromatic heterocycles. The quantitative estimate of drug-likeness (QED) is 0.908. The lowest BCUT2D eigenvalue weighted by Crippen LogP contribution is -2.46. The summed E-state index contributed by atoms with van der Waals surface area (Å²) in [5.41, 5.74) is 5.10. The van der Waals surface area contributed by atoms with Crippen molar-refractivity contribution in [1.29, 1.82) is 0 Å². The molecule has 1 saturated heterocycles. The Kier molecular flexibility index (Phi) is 4.22. The molecule has 0 saturated carbocycles. The minimum atomic E-state index is -0.540. The molecule has 1 fully saturated rings. The van der Waals surface area contributed by atoms with E-state index >= 15 is 0 Å². The number of pyridine rings is 1. The van der Waals surface area contributed by atoms with Crippen LogP contribution in [0.5, 0.6) is 5.75 Å². The average Bonchev–Trinajstić information content (AvgIpc) is 2.66. The molecule has 1 aliphatic rings. The first kappa shape index (κ1) is 16.4. The molecule has 2 N–H and O–H groups in total. The maximum absolute atomic E-state index is 12.4. The zero-order chi connectivity index (χ0) is 16.5. The summed E-state index contributed by atoms with van der Waals surface area (Å²) in [4.78, 5) is 18.1. The summed E-state index contributed by atoms with van der Waals surface area (Å²) in [7, 11) is 0. The normalized spacial score (nSPS) is 20.8. The van der Waals surface area contributed by atoms with Crippen molar-refractivity contribution in [2.75, 3.05) is 12.3 Å². The second-order valence-electron chi connectivity index (χ2n) is 7.27. The number of nitrogens with two attached hydrogens (primary N) is 1. The molecule has 6 nitrogen and oxygen atoms in total. The van der Waals surface area contributed by atoms with Crippen molar-refractivity contribution in [1.82, 2.24) is 9.88 Å². The second-order valence-corrected chi connectivity index (χ2v) is 7.27. The van der Waals surface area contributed by atoms with Crippen LogP contribution in [0.15, 0.2) is 18.3 Å². The van der Waals surface area contributed by atoms with Gasteiger partial charge in [0, 0.05) is 18.2 Å². The summed E-state index contributed by atoms with van der Waals surface area (Å²) in [6.45, 7) is 10.3. The minimum Gasteiger partial charge on any atom is -0.466 e. The van der Waals surface area contributed by atoms with Crippen molar-refractivity contribution in [3.8, 4) is 5.75 Å². The Morgan fingerprint density at radius 2 is 2.14 bits per heavy atom. The molecule has 122 valence electrons. The van der Waals surface area contributed by atoms with Gasteiger partial charge in [-0.15, -0.1) is 0 Å². The number of hydrogen-bond donors (Lipinski definition) is 1. The van der Waals surface area contributed by atoms with E-state index in [0.29, 0.717) is 18.1 Å². The monoisotopic (exact) mass is 307 g/mol. The molecule has 1 aromatic rings. The Balaban J connectivity index is 2.20. The van der Waals surface area contributed by atoms with Crippen molar-refractivity contribution in [3.05, 3.63) is 18.3 Å². The zero-order valence-electron chi connectivity index (χ0n) is 13.9. The highest BCUT2D eigenvalue weighted by Gasteiger charge is 2.46. The van der Waals surface area contributed by atoms with Crippen LogP contribution in [-0.2, 0) is 4.74 Å². The van der Waals surface area contributed by atoms with Crippen molar-refractivity contribution >= 4 is 11.9 Å². The second kappa shape index (κ2) is 5.66. The van der Waals surface area contributed by atoms with Crippen LogP contribution in [0.2, 0.25) is 0 Å². The first-order chi connectivity index (χ1) is 10.1. The van der Waals surface area contributed by atoms with Gasteiger partial charge in [0.25, 0.3) is 0 Å². The molecule has 0 spiro atoms. The van der Waals surface area contributed by atoms with Gasteiger partial charge >= 0.3 is 6.09 Å². The van der Waals surface area contributed by atoms with Crippen LogP contribution in [0, 0.1) is 5.41 Å². The standard InChI is InChI=1S/C16H25N3O3/c1-15(2,3)22-14(20)19-10-8-16(4,5)13(19)21-11-7-6-9-18-12(11)17/h6-7,9,13H,8,10H2,1-5H3,(H2,17,18)/t13-/m1/s1. The SMILES string of the molecule is CC(C)(C)OC(=O)N1CCC(C)(C)[C@H]1Oc1cccnc1N. The summed E-state index contributed by atoms with van der Waals surface area (Å²) in [5.74, 6) is 0.797. The third-order valence-corrected chi connectivity index (χ3v) is 3.61. The zero-order valence-corrected chi connectivity index (χ0v) is 13.9. The van der Waals surface area contributed by atoms with Crippen molar-refractivity contribution in [2.24, 2.45) is 5.41 Å². The van der Waals surface area contributed by atoms with Gasteiger partial charge in [-0.1, -0.05) is 13.8 Å². The molecule has 0 bridgehead atoms. The Morgan fingerprint density at radius 1 is 1.45 bits per heavy atom. The molecule has 1 atom stereocenters. The number of nitrogen functional groups attached to an aromatic ring is 1. The van der Waals surface area contributed by atoms with E-state index in [4.69, 9.17) is 15.2 Å². The van der Waals surface area contributed by atoms with Crippen LogP contribution in [0.1, 0.15) is 41.0 Å². The van der Waals surface area contributed by atoms with Gasteiger partial charge in [0.1, 0.15) is 5.60 Å². The van der Waals surface area contributed by atoms with Crippen LogP contribution < -0.4 is 10.5 Å². The number of amides is 1. The number of rotatable bonds is 2. The van der Waals surface area contributed by atoms with Gasteiger partial charge in [-0.3, -0.25) is 4.90 Å². The first-order valence-electron chi connectivity index (χ1n) is 7.47. The van der Waals surface area contributed by atoms with E-state index in [2.05, 4.69) is 18.8 Å². The Bertz CT molecular complexity index is 552. The van der Waals surface area contributed by atoms with E-state index in [-0.39, 0.29) is 11.5 Å². The largest absolute Gasteiger partial charge is 0.466 e. The molecule has 6 heteroatoms. The Labute approximate surface area is 131 Å². The van der Waals surface area contributed by atoms with Crippen LogP contribution in [-0.4, -0.2) is 34.4 Å². The maximum atomic E-state index is 12.4. The molecule has 1 aliphatic heterocycles. The fourth-order valence-corrected chi connectivity index (χ4v) is 2.42. The molecule has 1 amide bonds. The average molecular weight is 307 g/mol. The number of aromatic nitrogens is 1. The van der Waals surface area contributed by atoms with Crippen LogP contribution in [0.25, 0.3) is 0 Å². The van der Waals surface area contributed by atoms with E-state index in [9.17, 15) is 4.79 Å². The maximum Gasteiger partial charge on any atom is 0.413 e. The summed E-state index contributed by atoms with van der Waals surface area (Å²) >= 11 is 0. The van der Waals surface area contributed by atoms with Gasteiger partial charge in [-0.05, 0) is 39.3 Å². The smallest absolute Gasteiger partial charge is 0.413 e. The first-order valence-corrected chi connectivity index (χ1v) is 7.47. The summed E-state index contributed by atoms with van der Waals surface area (Å²) in [6.07, 6.45) is 1.63. The molecule has 2 heterocycles. The lowest BCUT2D eigenvalue weighted by molar-refractivity contribution is -0.0300. The van der Waals surface area contributed by atoms with Gasteiger partial charge < -0.3 is 15.2 Å². The van der Waals surface area contributed by atoms with Gasteiger partial charge in [0.2, 0.25) is 0 Å². The Morgan fingerprint density at radius 3 is 2.73 bits per heavy atom. The molecule has 0 unspecified atom stereocenters. The number of nitrogens with zero attached hydrogens (tertiary/aromatic N) is 2. The Hall–Kier alpha value is -1.98. The molecular formula is C16H25N3O3. The van der Waals surface area contributed by atoms with E-state index in [1.807, 2.05) is 20.8 Å². The number of ether oxygens (including phenoxy) is 2. The summed E-state index contributed by atoms with van der Waals surface area (Å²) in [6, 6.07) is 3.51. The number of likely N-dealkylation sites (tertiary alicyclic amines) is 1. The highest BCUT2D eigenvalue weighted by molar-refractivity contribution is 5.69. The molecule has 2 rings (SSSR count). The third kappa shape index (κ3) is 3.61. The summed E-state index contributed by atoms with van der Waals surface area (Å²) in [5, 5.41) is 0. The molecular weight excluding hydrogens is 282 g/mol. The van der Waals surface area contributed by atoms with Crippen LogP contribution in [0.4, 0.5) is 10.6 Å². The highest BCUT2D eigenvalue weighted by atomic mass is 16.6. The molecule has 0 aromatic carbocycles.